The summed E-state index contributed by atoms with van der Waals surface area (Å²) in [6.07, 6.45) is -0.260. The normalized spacial score (nSPS) is 16.6. The molecule has 1 aliphatic heterocycles. The van der Waals surface area contributed by atoms with Crippen molar-refractivity contribution in [3.8, 4) is 23.0 Å². The van der Waals surface area contributed by atoms with Crippen LogP contribution in [0.2, 0.25) is 0 Å². The molecular weight excluding hydrogens is 614 g/mol. The number of benzene rings is 4. The van der Waals surface area contributed by atoms with E-state index in [1.165, 1.54) is 21.3 Å². The Labute approximate surface area is 278 Å². The fraction of sp³-hybridized carbons (Fsp3) is 0.278. The molecule has 0 bridgehead atoms. The standard InChI is InChI=1S/C36H37N5O7/c1-44-30-20-24(21-31(45-2)32(30)46-3)23-38-35(43)36(22-27-12-7-8-13-29(27)40-41-37)33(25-10-5-4-6-11-25)48-34(39-36)26-14-16-28(17-15-26)47-19-9-18-42/h4-8,10-17,20-21,33,42H,9,18-19,22-23H2,1-3H3,(H,38,43)/t33-,36-/m1/s1. The average Bonchev–Trinajstić information content (AvgIpc) is 3.52. The predicted octanol–water partition coefficient (Wildman–Crippen LogP) is 6.23. The smallest absolute Gasteiger partial charge is 0.252 e. The zero-order valence-corrected chi connectivity index (χ0v) is 27.0. The van der Waals surface area contributed by atoms with Crippen molar-refractivity contribution in [3.05, 3.63) is 124 Å². The highest BCUT2D eigenvalue weighted by Crippen LogP contribution is 2.44. The first kappa shape index (κ1) is 33.6. The third-order valence-corrected chi connectivity index (χ3v) is 7.91. The number of nitrogens with one attached hydrogen (secondary N) is 1. The van der Waals surface area contributed by atoms with Gasteiger partial charge in [0.15, 0.2) is 23.1 Å². The number of rotatable bonds is 15. The van der Waals surface area contributed by atoms with E-state index < -0.39 is 17.6 Å². The molecule has 2 atom stereocenters. The highest BCUT2D eigenvalue weighted by atomic mass is 16.5. The fourth-order valence-corrected chi connectivity index (χ4v) is 5.58. The number of carbonyl (C=O) groups is 1. The zero-order chi connectivity index (χ0) is 33.9. The maximum Gasteiger partial charge on any atom is 0.252 e. The molecule has 0 fully saturated rings. The van der Waals surface area contributed by atoms with Crippen molar-refractivity contribution in [2.75, 3.05) is 34.5 Å². The van der Waals surface area contributed by atoms with Gasteiger partial charge in [-0.1, -0.05) is 59.7 Å². The minimum atomic E-state index is -1.52. The van der Waals surface area contributed by atoms with Crippen LogP contribution < -0.4 is 24.3 Å². The molecule has 5 rings (SSSR count). The first-order chi connectivity index (χ1) is 23.5. The Balaban J connectivity index is 1.58. The number of nitrogens with zero attached hydrogens (tertiary/aromatic N) is 4. The van der Waals surface area contributed by atoms with Crippen molar-refractivity contribution < 1.29 is 33.6 Å². The lowest BCUT2D eigenvalue weighted by Crippen LogP contribution is -2.49. The lowest BCUT2D eigenvalue weighted by molar-refractivity contribution is -0.129. The van der Waals surface area contributed by atoms with Gasteiger partial charge in [0.25, 0.3) is 5.91 Å². The summed E-state index contributed by atoms with van der Waals surface area (Å²) in [5, 5.41) is 16.1. The Hall–Kier alpha value is -5.71. The molecular formula is C36H37N5O7. The zero-order valence-electron chi connectivity index (χ0n) is 27.0. The third-order valence-electron chi connectivity index (χ3n) is 7.91. The van der Waals surface area contributed by atoms with E-state index in [2.05, 4.69) is 15.3 Å². The van der Waals surface area contributed by atoms with Crippen molar-refractivity contribution in [3.63, 3.8) is 0 Å². The Bertz CT molecular complexity index is 1770. The van der Waals surface area contributed by atoms with Gasteiger partial charge < -0.3 is 34.1 Å². The van der Waals surface area contributed by atoms with E-state index in [0.717, 1.165) is 5.56 Å². The van der Waals surface area contributed by atoms with E-state index in [9.17, 15) is 10.3 Å². The molecule has 4 aromatic carbocycles. The number of hydrogen-bond donors (Lipinski definition) is 2. The summed E-state index contributed by atoms with van der Waals surface area (Å²) in [5.74, 6) is 1.84. The summed E-state index contributed by atoms with van der Waals surface area (Å²) >= 11 is 0. The number of carbonyl (C=O) groups excluding carboxylic acids is 1. The molecule has 0 spiro atoms. The second-order valence-electron chi connectivity index (χ2n) is 10.9. The average molecular weight is 652 g/mol. The van der Waals surface area contributed by atoms with Crippen molar-refractivity contribution in [1.82, 2.24) is 5.32 Å². The summed E-state index contributed by atoms with van der Waals surface area (Å²) in [7, 11) is 4.58. The minimum absolute atomic E-state index is 0.0378. The van der Waals surface area contributed by atoms with Gasteiger partial charge in [-0.05, 0) is 58.6 Å². The van der Waals surface area contributed by atoms with Crippen molar-refractivity contribution in [2.24, 2.45) is 10.1 Å². The Kier molecular flexibility index (Phi) is 11.0. The molecule has 0 saturated heterocycles. The van der Waals surface area contributed by atoms with Crippen LogP contribution in [0.25, 0.3) is 10.4 Å². The summed E-state index contributed by atoms with van der Waals surface area (Å²) in [4.78, 5) is 22.7. The van der Waals surface area contributed by atoms with Gasteiger partial charge in [0.2, 0.25) is 11.6 Å². The quantitative estimate of drug-likeness (QED) is 0.0668. The first-order valence-corrected chi connectivity index (χ1v) is 15.3. The van der Waals surface area contributed by atoms with Gasteiger partial charge in [0, 0.05) is 42.2 Å². The predicted molar refractivity (Wildman–Crippen MR) is 180 cm³/mol. The van der Waals surface area contributed by atoms with Gasteiger partial charge in [0.1, 0.15) is 5.75 Å². The lowest BCUT2D eigenvalue weighted by atomic mass is 9.81. The Morgan fingerprint density at radius 3 is 2.31 bits per heavy atom. The molecule has 0 unspecified atom stereocenters. The van der Waals surface area contributed by atoms with Crippen molar-refractivity contribution >= 4 is 17.5 Å². The second-order valence-corrected chi connectivity index (χ2v) is 10.9. The molecule has 1 amide bonds. The molecule has 0 aromatic heterocycles. The molecule has 12 nitrogen and oxygen atoms in total. The van der Waals surface area contributed by atoms with E-state index >= 15 is 0 Å². The highest BCUT2D eigenvalue weighted by molar-refractivity contribution is 6.01. The van der Waals surface area contributed by atoms with Crippen LogP contribution in [-0.2, 0) is 22.5 Å². The Morgan fingerprint density at radius 1 is 0.979 bits per heavy atom. The monoisotopic (exact) mass is 651 g/mol. The van der Waals surface area contributed by atoms with Crippen LogP contribution in [0.15, 0.2) is 101 Å². The third kappa shape index (κ3) is 7.30. The van der Waals surface area contributed by atoms with Crippen LogP contribution >= 0.6 is 0 Å². The van der Waals surface area contributed by atoms with Gasteiger partial charge >= 0.3 is 0 Å². The van der Waals surface area contributed by atoms with Crippen LogP contribution in [0, 0.1) is 0 Å². The number of aliphatic hydroxyl groups is 1. The molecule has 0 saturated carbocycles. The maximum atomic E-state index is 14.7. The van der Waals surface area contributed by atoms with Crippen LogP contribution in [0.4, 0.5) is 5.69 Å². The second kappa shape index (κ2) is 15.7. The molecule has 1 aliphatic rings. The minimum Gasteiger partial charge on any atom is -0.494 e. The van der Waals surface area contributed by atoms with Crippen molar-refractivity contribution in [2.45, 2.75) is 31.0 Å². The van der Waals surface area contributed by atoms with Crippen molar-refractivity contribution in [1.29, 1.82) is 0 Å². The lowest BCUT2D eigenvalue weighted by Gasteiger charge is -2.31. The number of amides is 1. The molecule has 48 heavy (non-hydrogen) atoms. The number of azide groups is 1. The van der Waals surface area contributed by atoms with Gasteiger partial charge in [-0.2, -0.15) is 0 Å². The van der Waals surface area contributed by atoms with E-state index in [0.29, 0.717) is 58.4 Å². The SMILES string of the molecule is COc1cc(CNC(=O)[C@]2(Cc3ccccc3N=[N+]=[N-])N=C(c3ccc(OCCCO)cc3)O[C@@H]2c2ccccc2)cc(OC)c1OC. The summed E-state index contributed by atoms with van der Waals surface area (Å²) < 4.78 is 28.8. The van der Waals surface area contributed by atoms with Gasteiger partial charge in [0.05, 0.1) is 27.9 Å². The molecule has 0 aliphatic carbocycles. The van der Waals surface area contributed by atoms with Gasteiger partial charge in [-0.25, -0.2) is 4.99 Å². The molecule has 12 heteroatoms. The van der Waals surface area contributed by atoms with Crippen LogP contribution in [-0.4, -0.2) is 57.0 Å². The number of hydrogen-bond acceptors (Lipinski definition) is 9. The van der Waals surface area contributed by atoms with Gasteiger partial charge in [-0.15, -0.1) is 0 Å². The molecule has 248 valence electrons. The Morgan fingerprint density at radius 2 is 1.67 bits per heavy atom. The van der Waals surface area contributed by atoms with E-state index in [-0.39, 0.29) is 25.5 Å². The summed E-state index contributed by atoms with van der Waals surface area (Å²) in [5.41, 5.74) is 10.9. The number of ether oxygens (including phenoxy) is 5. The van der Waals surface area contributed by atoms with E-state index in [4.69, 9.17) is 33.8 Å². The molecule has 1 heterocycles. The van der Waals surface area contributed by atoms with Crippen LogP contribution in [0.1, 0.15) is 34.8 Å². The fourth-order valence-electron chi connectivity index (χ4n) is 5.58. The molecule has 0 radical (unpaired) electrons. The van der Waals surface area contributed by atoms with Crippen LogP contribution in [0.3, 0.4) is 0 Å². The van der Waals surface area contributed by atoms with E-state index in [1.54, 1.807) is 36.4 Å². The number of aliphatic hydroxyl groups excluding tert-OH is 1. The van der Waals surface area contributed by atoms with Gasteiger partial charge in [-0.3, -0.25) is 4.79 Å². The topological polar surface area (TPSA) is 157 Å². The molecule has 2 N–H and O–H groups in total. The summed E-state index contributed by atoms with van der Waals surface area (Å²) in [6, 6.07) is 27.3. The maximum absolute atomic E-state index is 14.7. The largest absolute Gasteiger partial charge is 0.494 e. The molecule has 4 aromatic rings. The summed E-state index contributed by atoms with van der Waals surface area (Å²) in [6.45, 7) is 0.529. The first-order valence-electron chi connectivity index (χ1n) is 15.3. The number of aliphatic imine (C=N–C) groups is 1. The highest BCUT2D eigenvalue weighted by Gasteiger charge is 2.53. The van der Waals surface area contributed by atoms with E-state index in [1.807, 2.05) is 54.6 Å². The number of methoxy groups -OCH3 is 3. The van der Waals surface area contributed by atoms with Crippen LogP contribution in [0.5, 0.6) is 23.0 Å².